The number of benzene rings is 5. The number of ether oxygens (including phenoxy) is 1. The van der Waals surface area contributed by atoms with Crippen LogP contribution in [0.5, 0.6) is 0 Å². The number of carbonyl (C=O) groups is 2. The lowest BCUT2D eigenvalue weighted by molar-refractivity contribution is -0.206. The van der Waals surface area contributed by atoms with Gasteiger partial charge in [-0.2, -0.15) is 18.2 Å². The molecule has 0 bridgehead atoms. The summed E-state index contributed by atoms with van der Waals surface area (Å²) in [6.07, 6.45) is -4.55. The highest BCUT2D eigenvalue weighted by Gasteiger charge is 2.46. The Kier molecular flexibility index (Phi) is 12.2. The molecule has 5 aromatic carbocycles. The summed E-state index contributed by atoms with van der Waals surface area (Å²) in [6, 6.07) is 35.6. The maximum Gasteiger partial charge on any atom is 0.490 e. The van der Waals surface area contributed by atoms with Crippen LogP contribution in [0.1, 0.15) is 17.2 Å². The van der Waals surface area contributed by atoms with E-state index in [0.29, 0.717) is 55.7 Å². The van der Waals surface area contributed by atoms with E-state index in [1.165, 1.54) is 6.20 Å². The molecule has 1 amide bonds. The molecule has 3 N–H and O–H groups in total. The number of hydrogen-bond donors (Lipinski definition) is 3. The van der Waals surface area contributed by atoms with Gasteiger partial charge in [-0.1, -0.05) is 90.5 Å². The van der Waals surface area contributed by atoms with Gasteiger partial charge in [-0.3, -0.25) is 9.78 Å². The van der Waals surface area contributed by atoms with Crippen LogP contribution in [-0.2, 0) is 25.3 Å². The molecule has 0 aliphatic heterocycles. The number of halogens is 4. The lowest BCUT2D eigenvalue weighted by atomic mass is 9.98. The summed E-state index contributed by atoms with van der Waals surface area (Å²) in [5, 5.41) is 10.6. The van der Waals surface area contributed by atoms with Crippen molar-refractivity contribution in [3.05, 3.63) is 156 Å². The van der Waals surface area contributed by atoms with Gasteiger partial charge in [0.2, 0.25) is 12.1 Å². The molecule has 3 aromatic heterocycles. The van der Waals surface area contributed by atoms with Gasteiger partial charge < -0.3 is 29.8 Å². The quantitative estimate of drug-likeness (QED) is 0.0753. The van der Waals surface area contributed by atoms with Crippen molar-refractivity contribution in [2.24, 2.45) is 0 Å². The molecule has 324 valence electrons. The molecule has 0 saturated heterocycles. The van der Waals surface area contributed by atoms with Crippen LogP contribution in [0, 0.1) is 6.92 Å². The second kappa shape index (κ2) is 17.9. The number of nitrogens with one attached hydrogen (secondary N) is 3. The number of para-hydroxylation sites is 4. The second-order valence-electron chi connectivity index (χ2n) is 15.3. The molecule has 0 spiro atoms. The molecular weight excluding hydrogens is 864 g/mol. The highest BCUT2D eigenvalue weighted by molar-refractivity contribution is 7.70. The normalized spacial score (nSPS) is 12.7. The summed E-state index contributed by atoms with van der Waals surface area (Å²) in [5.41, 5.74) is 4.55. The van der Waals surface area contributed by atoms with E-state index in [1.807, 2.05) is 18.2 Å². The molecule has 12 nitrogen and oxygen atoms in total. The van der Waals surface area contributed by atoms with Gasteiger partial charge in [0, 0.05) is 33.8 Å². The summed E-state index contributed by atoms with van der Waals surface area (Å²) in [4.78, 5) is 46.0. The number of esters is 1. The fourth-order valence-corrected chi connectivity index (χ4v) is 8.69. The second-order valence-corrected chi connectivity index (χ2v) is 18.9. The van der Waals surface area contributed by atoms with E-state index < -0.39 is 37.3 Å². The monoisotopic (exact) mass is 902 g/mol. The van der Waals surface area contributed by atoms with Crippen LogP contribution >= 0.6 is 18.7 Å². The number of pyridine rings is 1. The molecule has 8 aromatic rings. The highest BCUT2D eigenvalue weighted by Crippen LogP contribution is 2.40. The first kappa shape index (κ1) is 43.6. The Bertz CT molecular complexity index is 3080. The zero-order valence-corrected chi connectivity index (χ0v) is 36.1. The fourth-order valence-electron chi connectivity index (χ4n) is 7.39. The Balaban J connectivity index is 1.18. The van der Waals surface area contributed by atoms with Gasteiger partial charge in [-0.25, -0.2) is 14.8 Å². The number of imidazole rings is 1. The molecular formula is C47H39ClF3N8O4P. The highest BCUT2D eigenvalue weighted by atomic mass is 35.5. The molecule has 64 heavy (non-hydrogen) atoms. The van der Waals surface area contributed by atoms with Gasteiger partial charge >= 0.3 is 12.1 Å². The lowest BCUT2D eigenvalue weighted by Crippen LogP contribution is -2.43. The topological polar surface area (TPSA) is 153 Å². The predicted molar refractivity (Wildman–Crippen MR) is 245 cm³/mol. The lowest BCUT2D eigenvalue weighted by Gasteiger charge is -2.30. The fraction of sp³-hybridized carbons (Fsp3) is 0.149. The molecule has 0 aliphatic rings. The number of aryl methyl sites for hydroxylation is 1. The van der Waals surface area contributed by atoms with Crippen LogP contribution in [0.25, 0.3) is 33.3 Å². The van der Waals surface area contributed by atoms with Crippen LogP contribution < -0.4 is 21.3 Å². The van der Waals surface area contributed by atoms with E-state index in [9.17, 15) is 27.3 Å². The van der Waals surface area contributed by atoms with Crippen LogP contribution in [0.3, 0.4) is 0 Å². The molecule has 0 radical (unpaired) electrons. The first-order chi connectivity index (χ1) is 30.6. The zero-order chi connectivity index (χ0) is 45.2. The summed E-state index contributed by atoms with van der Waals surface area (Å²) in [6.45, 7) is 5.10. The SMILES string of the molecule is Cc1ccc(NC(=O)[C@@H](OC(=O)C(F)(F)F)[C@@H](Cc2ccccc2)n2c(-c3cccc4cccnc34)nc3ccccc32)cc1Nc1ncc(Cl)c(Nc2ccccc2P(C)(C)=O)n1. The third kappa shape index (κ3) is 9.46. The summed E-state index contributed by atoms with van der Waals surface area (Å²) in [5.74, 6) is -2.94. The van der Waals surface area contributed by atoms with Crippen molar-refractivity contribution < 1.29 is 32.1 Å². The van der Waals surface area contributed by atoms with Gasteiger partial charge in [-0.05, 0) is 86.3 Å². The van der Waals surface area contributed by atoms with Crippen molar-refractivity contribution in [2.75, 3.05) is 29.3 Å². The first-order valence-corrected chi connectivity index (χ1v) is 22.9. The average Bonchev–Trinajstić information content (AvgIpc) is 3.66. The number of hydrogen-bond acceptors (Lipinski definition) is 10. The van der Waals surface area contributed by atoms with E-state index in [4.69, 9.17) is 21.3 Å². The Hall–Kier alpha value is -7.09. The number of nitrogens with zero attached hydrogens (tertiary/aromatic N) is 5. The minimum atomic E-state index is -5.43. The predicted octanol–water partition coefficient (Wildman–Crippen LogP) is 10.6. The Morgan fingerprint density at radius 3 is 2.34 bits per heavy atom. The molecule has 0 fully saturated rings. The largest absolute Gasteiger partial charge is 0.490 e. The number of alkyl halides is 3. The van der Waals surface area contributed by atoms with Crippen molar-refractivity contribution in [1.82, 2.24) is 24.5 Å². The molecule has 17 heteroatoms. The standard InChI is InChI=1S/C47H39ClF3N8O4P/c1-28-22-23-31(26-36(28)57-46-53-27-33(48)42(58-46)55-35-19-8-10-21-39(35)64(2,3)62)54-44(60)41(63-45(61)47(49,50)51)38(25-29-13-5-4-6-14-29)59-37-20-9-7-18-34(37)56-43(59)32-17-11-15-30-16-12-24-52-40(30)32/h4-24,26-27,38,41H,25H2,1-3H3,(H,54,60)(H2,53,55,57,58)/t38-,41+/m1/s1. The number of anilines is 5. The molecule has 2 atom stereocenters. The number of amides is 1. The van der Waals surface area contributed by atoms with Gasteiger partial charge in [0.1, 0.15) is 18.0 Å². The molecule has 0 unspecified atom stereocenters. The van der Waals surface area contributed by atoms with E-state index in [0.717, 1.165) is 5.39 Å². The maximum absolute atomic E-state index is 14.7. The van der Waals surface area contributed by atoms with E-state index in [1.54, 1.807) is 140 Å². The van der Waals surface area contributed by atoms with Gasteiger partial charge in [0.15, 0.2) is 5.82 Å². The third-order valence-electron chi connectivity index (χ3n) is 10.4. The van der Waals surface area contributed by atoms with E-state index in [2.05, 4.69) is 30.9 Å². The molecule has 0 saturated carbocycles. The number of aromatic nitrogens is 5. The van der Waals surface area contributed by atoms with E-state index in [-0.39, 0.29) is 28.9 Å². The summed E-state index contributed by atoms with van der Waals surface area (Å²) >= 11 is 6.49. The summed E-state index contributed by atoms with van der Waals surface area (Å²) < 4.78 is 62.5. The number of rotatable bonds is 13. The zero-order valence-electron chi connectivity index (χ0n) is 34.5. The number of fused-ring (bicyclic) bond motifs is 2. The smallest absolute Gasteiger partial charge is 0.443 e. The maximum atomic E-state index is 14.7. The van der Waals surface area contributed by atoms with Crippen LogP contribution in [0.2, 0.25) is 5.02 Å². The van der Waals surface area contributed by atoms with Crippen molar-refractivity contribution in [3.8, 4) is 11.4 Å². The van der Waals surface area contributed by atoms with Gasteiger partial charge in [0.05, 0.1) is 34.5 Å². The minimum Gasteiger partial charge on any atom is -0.443 e. The Morgan fingerprint density at radius 2 is 1.56 bits per heavy atom. The van der Waals surface area contributed by atoms with Crippen molar-refractivity contribution >= 4 is 86.7 Å². The van der Waals surface area contributed by atoms with Crippen molar-refractivity contribution in [2.45, 2.75) is 31.7 Å². The minimum absolute atomic E-state index is 0.0564. The van der Waals surface area contributed by atoms with Crippen LogP contribution in [0.15, 0.2) is 140 Å². The van der Waals surface area contributed by atoms with Crippen molar-refractivity contribution in [3.63, 3.8) is 0 Å². The van der Waals surface area contributed by atoms with Crippen LogP contribution in [0.4, 0.5) is 42.0 Å². The van der Waals surface area contributed by atoms with Gasteiger partial charge in [0.25, 0.3) is 5.91 Å². The third-order valence-corrected chi connectivity index (χ3v) is 12.2. The van der Waals surface area contributed by atoms with Crippen molar-refractivity contribution in [1.29, 1.82) is 0 Å². The Morgan fingerprint density at radius 1 is 0.828 bits per heavy atom. The Labute approximate surface area is 370 Å². The van der Waals surface area contributed by atoms with Crippen LogP contribution in [-0.4, -0.2) is 62.0 Å². The molecule has 3 heterocycles. The molecule has 8 rings (SSSR count). The van der Waals surface area contributed by atoms with E-state index >= 15 is 0 Å². The number of carbonyl (C=O) groups excluding carboxylic acids is 2. The molecule has 0 aliphatic carbocycles. The van der Waals surface area contributed by atoms with Gasteiger partial charge in [-0.15, -0.1) is 0 Å². The average molecular weight is 903 g/mol. The first-order valence-electron chi connectivity index (χ1n) is 19.9. The summed E-state index contributed by atoms with van der Waals surface area (Å²) in [7, 11) is -2.69.